The Morgan fingerprint density at radius 2 is 2.00 bits per heavy atom. The van der Waals surface area contributed by atoms with E-state index < -0.39 is 0 Å². The maximum Gasteiger partial charge on any atom is 0.300 e. The highest BCUT2D eigenvalue weighted by Gasteiger charge is 2.16. The molecule has 0 fully saturated rings. The molecule has 32 heavy (non-hydrogen) atoms. The van der Waals surface area contributed by atoms with Gasteiger partial charge in [-0.2, -0.15) is 0 Å². The van der Waals surface area contributed by atoms with Gasteiger partial charge < -0.3 is 14.5 Å². The van der Waals surface area contributed by atoms with Crippen molar-refractivity contribution < 1.29 is 13.9 Å². The van der Waals surface area contributed by atoms with Crippen molar-refractivity contribution in [2.75, 3.05) is 6.61 Å². The van der Waals surface area contributed by atoms with Crippen molar-refractivity contribution in [1.82, 2.24) is 24.5 Å². The lowest BCUT2D eigenvalue weighted by molar-refractivity contribution is -0.122. The molecule has 1 atom stereocenters. The number of ether oxygens (including phenoxy) is 1. The number of fused-ring (bicyclic) bond motifs is 1. The Kier molecular flexibility index (Phi) is 6.34. The Labute approximate surface area is 184 Å². The first-order valence-corrected chi connectivity index (χ1v) is 10.5. The SMILES string of the molecule is CCOc1ccc(-n2ccn3c(CC(C)CC(=O)NCc4ccco4)nnc3c2=O)cc1. The van der Waals surface area contributed by atoms with Crippen LogP contribution >= 0.6 is 0 Å². The van der Waals surface area contributed by atoms with Crippen LogP contribution in [0, 0.1) is 5.92 Å². The number of aromatic nitrogens is 4. The van der Waals surface area contributed by atoms with E-state index in [2.05, 4.69) is 15.5 Å². The monoisotopic (exact) mass is 435 g/mol. The quantitative estimate of drug-likeness (QED) is 0.434. The first kappa shape index (κ1) is 21.4. The molecular formula is C23H25N5O4. The van der Waals surface area contributed by atoms with Gasteiger partial charge in [-0.3, -0.25) is 18.6 Å². The number of nitrogens with zero attached hydrogens (tertiary/aromatic N) is 4. The van der Waals surface area contributed by atoms with E-state index in [-0.39, 0.29) is 23.0 Å². The van der Waals surface area contributed by atoms with Crippen molar-refractivity contribution in [3.63, 3.8) is 0 Å². The van der Waals surface area contributed by atoms with Gasteiger partial charge in [0.25, 0.3) is 0 Å². The van der Waals surface area contributed by atoms with Crippen molar-refractivity contribution in [1.29, 1.82) is 0 Å². The van der Waals surface area contributed by atoms with Crippen LogP contribution in [0.15, 0.2) is 64.3 Å². The second kappa shape index (κ2) is 9.51. The Hall–Kier alpha value is -3.88. The third-order valence-electron chi connectivity index (χ3n) is 5.07. The summed E-state index contributed by atoms with van der Waals surface area (Å²) in [4.78, 5) is 25.2. The van der Waals surface area contributed by atoms with Crippen LogP contribution < -0.4 is 15.6 Å². The molecule has 0 aliphatic heterocycles. The van der Waals surface area contributed by atoms with Crippen molar-refractivity contribution in [2.24, 2.45) is 5.92 Å². The molecule has 0 radical (unpaired) electrons. The average Bonchev–Trinajstić information content (AvgIpc) is 3.44. The van der Waals surface area contributed by atoms with Crippen LogP contribution in [0.4, 0.5) is 0 Å². The molecule has 166 valence electrons. The zero-order chi connectivity index (χ0) is 22.5. The summed E-state index contributed by atoms with van der Waals surface area (Å²) in [6.45, 7) is 4.83. The molecule has 4 rings (SSSR count). The smallest absolute Gasteiger partial charge is 0.300 e. The van der Waals surface area contributed by atoms with E-state index in [0.717, 1.165) is 5.75 Å². The van der Waals surface area contributed by atoms with Gasteiger partial charge in [-0.1, -0.05) is 6.92 Å². The van der Waals surface area contributed by atoms with E-state index >= 15 is 0 Å². The molecule has 0 aliphatic rings. The first-order chi connectivity index (χ1) is 15.5. The molecule has 0 aliphatic carbocycles. The Morgan fingerprint density at radius 1 is 1.19 bits per heavy atom. The fourth-order valence-corrected chi connectivity index (χ4v) is 3.52. The third-order valence-corrected chi connectivity index (χ3v) is 5.07. The topological polar surface area (TPSA) is 104 Å². The van der Waals surface area contributed by atoms with Gasteiger partial charge in [0.15, 0.2) is 0 Å². The number of hydrogen-bond acceptors (Lipinski definition) is 6. The molecule has 0 bridgehead atoms. The Bertz CT molecular complexity index is 1240. The summed E-state index contributed by atoms with van der Waals surface area (Å²) in [6.07, 6.45) is 5.88. The van der Waals surface area contributed by atoms with E-state index in [1.54, 1.807) is 29.1 Å². The van der Waals surface area contributed by atoms with Crippen molar-refractivity contribution in [3.05, 3.63) is 77.0 Å². The van der Waals surface area contributed by atoms with Crippen LogP contribution in [0.1, 0.15) is 31.9 Å². The second-order valence-electron chi connectivity index (χ2n) is 7.58. The van der Waals surface area contributed by atoms with Crippen molar-refractivity contribution in [3.8, 4) is 11.4 Å². The number of hydrogen-bond donors (Lipinski definition) is 1. The number of benzene rings is 1. The summed E-state index contributed by atoms with van der Waals surface area (Å²) in [5, 5.41) is 11.1. The third kappa shape index (κ3) is 4.72. The van der Waals surface area contributed by atoms with Crippen LogP contribution in [0.25, 0.3) is 11.3 Å². The summed E-state index contributed by atoms with van der Waals surface area (Å²) in [5.41, 5.74) is 0.692. The fraction of sp³-hybridized carbons (Fsp3) is 0.304. The molecule has 1 N–H and O–H groups in total. The minimum Gasteiger partial charge on any atom is -0.494 e. The summed E-state index contributed by atoms with van der Waals surface area (Å²) < 4.78 is 13.9. The molecule has 4 aromatic rings. The largest absolute Gasteiger partial charge is 0.494 e. The van der Waals surface area contributed by atoms with Gasteiger partial charge in [0.05, 0.1) is 19.4 Å². The summed E-state index contributed by atoms with van der Waals surface area (Å²) in [7, 11) is 0. The van der Waals surface area contributed by atoms with Gasteiger partial charge >= 0.3 is 5.56 Å². The first-order valence-electron chi connectivity index (χ1n) is 10.5. The van der Waals surface area contributed by atoms with Crippen LogP contribution in [-0.4, -0.2) is 31.7 Å². The lowest BCUT2D eigenvalue weighted by Gasteiger charge is -2.11. The molecule has 3 aromatic heterocycles. The van der Waals surface area contributed by atoms with E-state index in [4.69, 9.17) is 9.15 Å². The lowest BCUT2D eigenvalue weighted by atomic mass is 10.0. The van der Waals surface area contributed by atoms with Crippen molar-refractivity contribution >= 4 is 11.6 Å². The number of amides is 1. The molecule has 1 amide bonds. The zero-order valence-corrected chi connectivity index (χ0v) is 18.0. The highest BCUT2D eigenvalue weighted by Crippen LogP contribution is 2.15. The minimum absolute atomic E-state index is 0.0209. The second-order valence-corrected chi connectivity index (χ2v) is 7.58. The van der Waals surface area contributed by atoms with Crippen LogP contribution in [0.5, 0.6) is 5.75 Å². The molecule has 0 saturated carbocycles. The highest BCUT2D eigenvalue weighted by molar-refractivity contribution is 5.76. The van der Waals surface area contributed by atoms with Gasteiger partial charge in [-0.15, -0.1) is 10.2 Å². The maximum atomic E-state index is 12.9. The standard InChI is InChI=1S/C23H25N5O4/c1-3-31-18-8-6-17(7-9-18)27-10-11-28-20(25-26-22(28)23(27)30)13-16(2)14-21(29)24-15-19-5-4-12-32-19/h4-12,16H,3,13-15H2,1-2H3,(H,24,29). The predicted molar refractivity (Wildman–Crippen MR) is 118 cm³/mol. The highest BCUT2D eigenvalue weighted by atomic mass is 16.5. The average molecular weight is 435 g/mol. The van der Waals surface area contributed by atoms with E-state index in [0.29, 0.717) is 43.3 Å². The van der Waals surface area contributed by atoms with Crippen molar-refractivity contribution in [2.45, 2.75) is 33.2 Å². The summed E-state index contributed by atoms with van der Waals surface area (Å²) in [5.74, 6) is 2.05. The lowest BCUT2D eigenvalue weighted by Crippen LogP contribution is -2.25. The number of carbonyl (C=O) groups is 1. The maximum absolute atomic E-state index is 12.9. The molecule has 9 nitrogen and oxygen atoms in total. The molecule has 9 heteroatoms. The van der Waals surface area contributed by atoms with Gasteiger partial charge in [0.2, 0.25) is 11.6 Å². The van der Waals surface area contributed by atoms with Gasteiger partial charge in [-0.05, 0) is 49.2 Å². The predicted octanol–water partition coefficient (Wildman–Crippen LogP) is 2.76. The van der Waals surface area contributed by atoms with Crippen LogP contribution in [0.2, 0.25) is 0 Å². The molecular weight excluding hydrogens is 410 g/mol. The minimum atomic E-state index is -0.265. The molecule has 1 unspecified atom stereocenters. The number of carbonyl (C=O) groups excluding carboxylic acids is 1. The van der Waals surface area contributed by atoms with E-state index in [1.165, 1.54) is 4.57 Å². The molecule has 0 spiro atoms. The number of rotatable bonds is 9. The molecule has 3 heterocycles. The van der Waals surface area contributed by atoms with E-state index in [1.807, 2.05) is 44.2 Å². The van der Waals surface area contributed by atoms with Crippen LogP contribution in [0.3, 0.4) is 0 Å². The fourth-order valence-electron chi connectivity index (χ4n) is 3.52. The summed E-state index contributed by atoms with van der Waals surface area (Å²) >= 11 is 0. The number of furan rings is 1. The zero-order valence-electron chi connectivity index (χ0n) is 18.0. The van der Waals surface area contributed by atoms with Gasteiger partial charge in [0.1, 0.15) is 17.3 Å². The summed E-state index contributed by atoms with van der Waals surface area (Å²) in [6, 6.07) is 10.9. The number of nitrogens with one attached hydrogen (secondary N) is 1. The Balaban J connectivity index is 1.44. The normalized spacial score (nSPS) is 12.1. The Morgan fingerprint density at radius 3 is 2.72 bits per heavy atom. The molecule has 1 aromatic carbocycles. The van der Waals surface area contributed by atoms with Gasteiger partial charge in [-0.25, -0.2) is 0 Å². The van der Waals surface area contributed by atoms with E-state index in [9.17, 15) is 9.59 Å². The van der Waals surface area contributed by atoms with Crippen LogP contribution in [-0.2, 0) is 17.8 Å². The molecule has 0 saturated heterocycles. The van der Waals surface area contributed by atoms with Gasteiger partial charge in [0, 0.05) is 30.9 Å².